The second kappa shape index (κ2) is 11.7. The number of carbonyl (C=O) groups is 2. The van der Waals surface area contributed by atoms with Crippen molar-refractivity contribution in [3.63, 3.8) is 0 Å². The number of esters is 1. The fourth-order valence-corrected chi connectivity index (χ4v) is 5.40. The van der Waals surface area contributed by atoms with Crippen molar-refractivity contribution < 1.29 is 14.3 Å². The fourth-order valence-electron chi connectivity index (χ4n) is 4.78. The van der Waals surface area contributed by atoms with E-state index < -0.39 is 11.3 Å². The van der Waals surface area contributed by atoms with Crippen molar-refractivity contribution in [1.82, 2.24) is 14.5 Å². The molecule has 0 aliphatic heterocycles. The topological polar surface area (TPSA) is 103 Å². The number of fused-ring (bicyclic) bond motifs is 1. The van der Waals surface area contributed by atoms with Crippen LogP contribution in [0.2, 0.25) is 10.0 Å². The summed E-state index contributed by atoms with van der Waals surface area (Å²) in [6, 6.07) is 10.3. The average Bonchev–Trinajstić information content (AvgIpc) is 2.96. The SMILES string of the molecule is O=C(OC1CCC(n2cc(C(=O)Nc3c(Cl)cncc3Cl)c(=O)c3cccnc32)CC1)c1cccc(CCl)c1. The van der Waals surface area contributed by atoms with E-state index >= 15 is 0 Å². The summed E-state index contributed by atoms with van der Waals surface area (Å²) in [7, 11) is 0. The normalized spacial score (nSPS) is 17.1. The number of nitrogens with one attached hydrogen (secondary N) is 1. The molecule has 0 bridgehead atoms. The van der Waals surface area contributed by atoms with Gasteiger partial charge in [0, 0.05) is 36.7 Å². The summed E-state index contributed by atoms with van der Waals surface area (Å²) in [5.74, 6) is -0.708. The molecule has 11 heteroatoms. The van der Waals surface area contributed by atoms with Gasteiger partial charge in [-0.2, -0.15) is 0 Å². The van der Waals surface area contributed by atoms with Crippen LogP contribution in [-0.2, 0) is 10.6 Å². The molecule has 0 atom stereocenters. The summed E-state index contributed by atoms with van der Waals surface area (Å²) in [6.07, 6.45) is 8.17. The molecule has 39 heavy (non-hydrogen) atoms. The molecule has 0 unspecified atom stereocenters. The molecule has 0 spiro atoms. The Balaban J connectivity index is 1.37. The summed E-state index contributed by atoms with van der Waals surface area (Å²) in [5, 5.41) is 3.27. The highest BCUT2D eigenvalue weighted by Gasteiger charge is 2.28. The van der Waals surface area contributed by atoms with Crippen LogP contribution in [0.3, 0.4) is 0 Å². The Labute approximate surface area is 238 Å². The zero-order valence-corrected chi connectivity index (χ0v) is 22.8. The van der Waals surface area contributed by atoms with E-state index in [0.29, 0.717) is 48.2 Å². The molecule has 3 heterocycles. The molecule has 1 fully saturated rings. The minimum Gasteiger partial charge on any atom is -0.459 e. The third kappa shape index (κ3) is 5.78. The molecule has 200 valence electrons. The Morgan fingerprint density at radius 2 is 1.79 bits per heavy atom. The molecule has 0 radical (unpaired) electrons. The van der Waals surface area contributed by atoms with E-state index in [-0.39, 0.29) is 39.4 Å². The molecule has 3 aromatic heterocycles. The largest absolute Gasteiger partial charge is 0.459 e. The number of carbonyl (C=O) groups excluding carboxylic acids is 2. The molecule has 4 aromatic rings. The molecule has 1 aliphatic rings. The number of pyridine rings is 3. The van der Waals surface area contributed by atoms with Gasteiger partial charge in [0.2, 0.25) is 5.43 Å². The third-order valence-corrected chi connectivity index (χ3v) is 7.63. The van der Waals surface area contributed by atoms with Crippen molar-refractivity contribution in [2.45, 2.75) is 43.7 Å². The van der Waals surface area contributed by atoms with Crippen LogP contribution >= 0.6 is 34.8 Å². The summed E-state index contributed by atoms with van der Waals surface area (Å²) < 4.78 is 7.63. The Morgan fingerprint density at radius 3 is 2.51 bits per heavy atom. The number of benzene rings is 1. The predicted octanol–water partition coefficient (Wildman–Crippen LogP) is 6.43. The maximum absolute atomic E-state index is 13.3. The van der Waals surface area contributed by atoms with Crippen molar-refractivity contribution in [2.75, 3.05) is 5.32 Å². The minimum absolute atomic E-state index is 0.0582. The number of rotatable bonds is 6. The van der Waals surface area contributed by atoms with Gasteiger partial charge in [-0.25, -0.2) is 9.78 Å². The van der Waals surface area contributed by atoms with Crippen LogP contribution in [0.5, 0.6) is 0 Å². The van der Waals surface area contributed by atoms with Gasteiger partial charge in [0.15, 0.2) is 0 Å². The van der Waals surface area contributed by atoms with Crippen molar-refractivity contribution in [3.05, 3.63) is 98.1 Å². The number of hydrogen-bond donors (Lipinski definition) is 1. The first-order chi connectivity index (χ1) is 18.9. The van der Waals surface area contributed by atoms with Crippen LogP contribution in [-0.4, -0.2) is 32.5 Å². The highest BCUT2D eigenvalue weighted by Crippen LogP contribution is 2.33. The number of halogens is 3. The molecule has 1 saturated carbocycles. The first-order valence-corrected chi connectivity index (χ1v) is 13.6. The van der Waals surface area contributed by atoms with Crippen molar-refractivity contribution in [2.24, 2.45) is 0 Å². The van der Waals surface area contributed by atoms with Crippen LogP contribution in [0.25, 0.3) is 11.0 Å². The third-order valence-electron chi connectivity index (χ3n) is 6.75. The van der Waals surface area contributed by atoms with Crippen LogP contribution < -0.4 is 10.7 Å². The Morgan fingerprint density at radius 1 is 1.05 bits per heavy atom. The molecule has 1 N–H and O–H groups in total. The molecule has 8 nitrogen and oxygen atoms in total. The number of ether oxygens (including phenoxy) is 1. The van der Waals surface area contributed by atoms with Crippen molar-refractivity contribution >= 4 is 63.4 Å². The number of alkyl halides is 1. The van der Waals surface area contributed by atoms with Crippen LogP contribution in [0, 0.1) is 0 Å². The van der Waals surface area contributed by atoms with Gasteiger partial charge in [-0.3, -0.25) is 14.6 Å². The molecule has 0 saturated heterocycles. The second-order valence-corrected chi connectivity index (χ2v) is 10.3. The maximum Gasteiger partial charge on any atom is 0.338 e. The lowest BCUT2D eigenvalue weighted by atomic mass is 9.92. The van der Waals surface area contributed by atoms with E-state index in [1.54, 1.807) is 36.5 Å². The maximum atomic E-state index is 13.3. The van der Waals surface area contributed by atoms with Gasteiger partial charge >= 0.3 is 5.97 Å². The minimum atomic E-state index is -0.642. The number of amides is 1. The van der Waals surface area contributed by atoms with Crippen molar-refractivity contribution in [3.8, 4) is 0 Å². The fraction of sp³-hybridized carbons (Fsp3) is 0.250. The van der Waals surface area contributed by atoms with E-state index in [1.807, 2.05) is 10.6 Å². The monoisotopic (exact) mass is 584 g/mol. The summed E-state index contributed by atoms with van der Waals surface area (Å²) in [6.45, 7) is 0. The zero-order chi connectivity index (χ0) is 27.5. The second-order valence-electron chi connectivity index (χ2n) is 9.26. The number of aromatic nitrogens is 3. The number of anilines is 1. The van der Waals surface area contributed by atoms with E-state index in [2.05, 4.69) is 15.3 Å². The molecular formula is C28H23Cl3N4O4. The number of hydrogen-bond acceptors (Lipinski definition) is 6. The van der Waals surface area contributed by atoms with Crippen molar-refractivity contribution in [1.29, 1.82) is 0 Å². The van der Waals surface area contributed by atoms with Gasteiger partial charge in [0.1, 0.15) is 17.3 Å². The van der Waals surface area contributed by atoms with Gasteiger partial charge in [-0.05, 0) is 55.5 Å². The summed E-state index contributed by atoms with van der Waals surface area (Å²) in [5.41, 5.74) is 1.46. The Kier molecular flexibility index (Phi) is 8.16. The first-order valence-electron chi connectivity index (χ1n) is 12.3. The lowest BCUT2D eigenvalue weighted by Crippen LogP contribution is -2.29. The van der Waals surface area contributed by atoms with E-state index in [1.165, 1.54) is 18.6 Å². The first kappa shape index (κ1) is 27.1. The van der Waals surface area contributed by atoms with E-state index in [0.717, 1.165) is 5.56 Å². The molecule has 1 amide bonds. The highest BCUT2D eigenvalue weighted by molar-refractivity contribution is 6.39. The summed E-state index contributed by atoms with van der Waals surface area (Å²) >= 11 is 18.2. The van der Waals surface area contributed by atoms with Gasteiger partial charge in [0.05, 0.1) is 26.7 Å². The predicted molar refractivity (Wildman–Crippen MR) is 151 cm³/mol. The van der Waals surface area contributed by atoms with Gasteiger partial charge in [-0.1, -0.05) is 35.3 Å². The molecular weight excluding hydrogens is 563 g/mol. The molecule has 1 aliphatic carbocycles. The standard InChI is InChI=1S/C28H23Cl3N4O4/c29-12-16-3-1-4-17(11-16)28(38)39-19-8-6-18(7-9-19)35-15-21(25(36)20-5-2-10-33-26(20)35)27(37)34-24-22(30)13-32-14-23(24)31/h1-5,10-11,13-15,18-19H,6-9,12H2,(H,32,34,37). The quantitative estimate of drug-likeness (QED) is 0.207. The van der Waals surface area contributed by atoms with Crippen LogP contribution in [0.15, 0.2) is 66.0 Å². The van der Waals surface area contributed by atoms with E-state index in [4.69, 9.17) is 39.5 Å². The Bertz CT molecular complexity index is 1600. The van der Waals surface area contributed by atoms with Gasteiger partial charge in [-0.15, -0.1) is 11.6 Å². The zero-order valence-electron chi connectivity index (χ0n) is 20.6. The smallest absolute Gasteiger partial charge is 0.338 e. The highest BCUT2D eigenvalue weighted by atomic mass is 35.5. The lowest BCUT2D eigenvalue weighted by molar-refractivity contribution is 0.0173. The van der Waals surface area contributed by atoms with Gasteiger partial charge in [0.25, 0.3) is 5.91 Å². The summed E-state index contributed by atoms with van der Waals surface area (Å²) in [4.78, 5) is 47.5. The van der Waals surface area contributed by atoms with E-state index in [9.17, 15) is 14.4 Å². The number of nitrogens with zero attached hydrogens (tertiary/aromatic N) is 3. The van der Waals surface area contributed by atoms with Gasteiger partial charge < -0.3 is 14.6 Å². The molecule has 5 rings (SSSR count). The lowest BCUT2D eigenvalue weighted by Gasteiger charge is -2.31. The van der Waals surface area contributed by atoms with Crippen LogP contribution in [0.4, 0.5) is 5.69 Å². The average molecular weight is 586 g/mol. The Hall–Kier alpha value is -3.46. The van der Waals surface area contributed by atoms with Crippen LogP contribution in [0.1, 0.15) is 58.0 Å². The molecule has 1 aromatic carbocycles.